The van der Waals surface area contributed by atoms with Crippen LogP contribution in [0.1, 0.15) is 16.5 Å². The molecule has 3 N–H and O–H groups in total. The minimum Gasteiger partial charge on any atom is -0.494 e. The molecule has 2 aromatic rings. The third-order valence-electron chi connectivity index (χ3n) is 2.79. The van der Waals surface area contributed by atoms with Gasteiger partial charge in [0.05, 0.1) is 16.9 Å². The molecular formula is C13H14BrFN2OS. The molecule has 1 aromatic heterocycles. The van der Waals surface area contributed by atoms with E-state index in [0.29, 0.717) is 6.42 Å². The molecule has 0 fully saturated rings. The zero-order chi connectivity index (χ0) is 13.8. The highest BCUT2D eigenvalue weighted by molar-refractivity contribution is 9.11. The number of hydrazine groups is 1. The van der Waals surface area contributed by atoms with Crippen molar-refractivity contribution >= 4 is 27.3 Å². The maximum absolute atomic E-state index is 13.6. The minimum absolute atomic E-state index is 0.0379. The maximum atomic E-state index is 13.6. The Bertz CT molecular complexity index is 561. The number of hydrogen-bond donors (Lipinski definition) is 2. The fourth-order valence-electron chi connectivity index (χ4n) is 1.83. The molecule has 2 rings (SSSR count). The van der Waals surface area contributed by atoms with Crippen LogP contribution in [0.25, 0.3) is 0 Å². The van der Waals surface area contributed by atoms with Crippen molar-refractivity contribution < 1.29 is 9.13 Å². The highest BCUT2D eigenvalue weighted by atomic mass is 79.9. The molecule has 1 unspecified atom stereocenters. The molecule has 0 aliphatic heterocycles. The average molecular weight is 345 g/mol. The van der Waals surface area contributed by atoms with Crippen LogP contribution in [0.4, 0.5) is 4.39 Å². The van der Waals surface area contributed by atoms with Crippen LogP contribution >= 0.6 is 27.3 Å². The van der Waals surface area contributed by atoms with Crippen LogP contribution in [-0.4, -0.2) is 7.11 Å². The standard InChI is InChI=1S/C13H14BrFN2OS/c1-18-11-3-2-8(6-9(11)15)7-10(17-16)12-4-5-13(14)19-12/h2-6,10,17H,7,16H2,1H3. The summed E-state index contributed by atoms with van der Waals surface area (Å²) in [5.74, 6) is 5.47. The normalized spacial score (nSPS) is 12.4. The van der Waals surface area contributed by atoms with Crippen LogP contribution in [0.15, 0.2) is 34.1 Å². The molecule has 1 aromatic carbocycles. The third kappa shape index (κ3) is 3.54. The quantitative estimate of drug-likeness (QED) is 0.645. The van der Waals surface area contributed by atoms with Gasteiger partial charge in [-0.2, -0.15) is 0 Å². The van der Waals surface area contributed by atoms with Gasteiger partial charge in [0.15, 0.2) is 11.6 Å². The first-order valence-corrected chi connectivity index (χ1v) is 7.28. The van der Waals surface area contributed by atoms with Gasteiger partial charge in [-0.15, -0.1) is 11.3 Å². The molecule has 102 valence electrons. The van der Waals surface area contributed by atoms with E-state index in [9.17, 15) is 4.39 Å². The van der Waals surface area contributed by atoms with Gasteiger partial charge in [-0.3, -0.25) is 11.3 Å². The number of benzene rings is 1. The molecule has 0 saturated heterocycles. The van der Waals surface area contributed by atoms with Crippen LogP contribution in [0, 0.1) is 5.82 Å². The SMILES string of the molecule is COc1ccc(CC(NN)c2ccc(Br)s2)cc1F. The van der Waals surface area contributed by atoms with E-state index < -0.39 is 0 Å². The van der Waals surface area contributed by atoms with Crippen LogP contribution < -0.4 is 16.0 Å². The summed E-state index contributed by atoms with van der Waals surface area (Å²) in [5.41, 5.74) is 3.63. The number of nitrogens with two attached hydrogens (primary N) is 1. The summed E-state index contributed by atoms with van der Waals surface area (Å²) in [7, 11) is 1.45. The largest absolute Gasteiger partial charge is 0.494 e. The van der Waals surface area contributed by atoms with E-state index in [2.05, 4.69) is 21.4 Å². The van der Waals surface area contributed by atoms with Crippen LogP contribution in [-0.2, 0) is 6.42 Å². The smallest absolute Gasteiger partial charge is 0.165 e. The topological polar surface area (TPSA) is 47.3 Å². The molecule has 0 bridgehead atoms. The second-order valence-electron chi connectivity index (χ2n) is 4.03. The fraction of sp³-hybridized carbons (Fsp3) is 0.231. The van der Waals surface area contributed by atoms with E-state index in [1.165, 1.54) is 13.2 Å². The Morgan fingerprint density at radius 1 is 1.42 bits per heavy atom. The Morgan fingerprint density at radius 3 is 2.74 bits per heavy atom. The van der Waals surface area contributed by atoms with Crippen molar-refractivity contribution in [1.29, 1.82) is 0 Å². The Kier molecular flexibility index (Phi) is 4.93. The van der Waals surface area contributed by atoms with E-state index in [0.717, 1.165) is 14.2 Å². The van der Waals surface area contributed by atoms with Gasteiger partial charge in [0, 0.05) is 4.88 Å². The zero-order valence-corrected chi connectivity index (χ0v) is 12.7. The van der Waals surface area contributed by atoms with Crippen molar-refractivity contribution in [1.82, 2.24) is 5.43 Å². The first-order valence-electron chi connectivity index (χ1n) is 5.68. The summed E-state index contributed by atoms with van der Waals surface area (Å²) in [6.45, 7) is 0. The van der Waals surface area contributed by atoms with Crippen LogP contribution in [0.3, 0.4) is 0 Å². The Hall–Kier alpha value is -0.950. The average Bonchev–Trinajstić information content (AvgIpc) is 2.82. The molecule has 6 heteroatoms. The number of rotatable bonds is 5. The number of methoxy groups -OCH3 is 1. The summed E-state index contributed by atoms with van der Waals surface area (Å²) in [6.07, 6.45) is 0.615. The predicted octanol–water partition coefficient (Wildman–Crippen LogP) is 3.41. The van der Waals surface area contributed by atoms with E-state index in [1.807, 2.05) is 18.2 Å². The maximum Gasteiger partial charge on any atom is 0.165 e. The monoisotopic (exact) mass is 344 g/mol. The number of nitrogens with one attached hydrogen (secondary N) is 1. The molecule has 0 aliphatic rings. The van der Waals surface area contributed by atoms with Crippen molar-refractivity contribution in [2.24, 2.45) is 5.84 Å². The number of hydrogen-bond acceptors (Lipinski definition) is 4. The molecule has 0 radical (unpaired) electrons. The summed E-state index contributed by atoms with van der Waals surface area (Å²) in [6, 6.07) is 8.88. The lowest BCUT2D eigenvalue weighted by Crippen LogP contribution is -2.28. The van der Waals surface area contributed by atoms with E-state index in [1.54, 1.807) is 17.4 Å². The van der Waals surface area contributed by atoms with Gasteiger partial charge in [0.25, 0.3) is 0 Å². The highest BCUT2D eigenvalue weighted by Crippen LogP contribution is 2.29. The highest BCUT2D eigenvalue weighted by Gasteiger charge is 2.14. The minimum atomic E-state index is -0.358. The molecule has 1 heterocycles. The van der Waals surface area contributed by atoms with Crippen molar-refractivity contribution in [2.75, 3.05) is 7.11 Å². The molecular weight excluding hydrogens is 331 g/mol. The molecule has 19 heavy (non-hydrogen) atoms. The molecule has 1 atom stereocenters. The zero-order valence-electron chi connectivity index (χ0n) is 10.3. The summed E-state index contributed by atoms with van der Waals surface area (Å²) in [5, 5.41) is 0. The van der Waals surface area contributed by atoms with Gasteiger partial charge >= 0.3 is 0 Å². The van der Waals surface area contributed by atoms with Gasteiger partial charge in [-0.25, -0.2) is 4.39 Å². The van der Waals surface area contributed by atoms with Crippen molar-refractivity contribution in [3.8, 4) is 5.75 Å². The molecule has 0 saturated carbocycles. The van der Waals surface area contributed by atoms with Crippen LogP contribution in [0.5, 0.6) is 5.75 Å². The summed E-state index contributed by atoms with van der Waals surface area (Å²) >= 11 is 5.03. The van der Waals surface area contributed by atoms with Gasteiger partial charge < -0.3 is 4.74 Å². The van der Waals surface area contributed by atoms with Crippen molar-refractivity contribution in [3.05, 3.63) is 50.4 Å². The Morgan fingerprint density at radius 2 is 2.21 bits per heavy atom. The van der Waals surface area contributed by atoms with Crippen LogP contribution in [0.2, 0.25) is 0 Å². The Labute approximate surface area is 123 Å². The van der Waals surface area contributed by atoms with Gasteiger partial charge in [-0.05, 0) is 52.2 Å². The second-order valence-corrected chi connectivity index (χ2v) is 6.53. The third-order valence-corrected chi connectivity index (χ3v) is 4.53. The number of ether oxygens (including phenoxy) is 1. The Balaban J connectivity index is 2.16. The van der Waals surface area contributed by atoms with Gasteiger partial charge in [0.1, 0.15) is 0 Å². The molecule has 0 aliphatic carbocycles. The van der Waals surface area contributed by atoms with Crippen molar-refractivity contribution in [2.45, 2.75) is 12.5 Å². The summed E-state index contributed by atoms with van der Waals surface area (Å²) < 4.78 is 19.6. The van der Waals surface area contributed by atoms with E-state index in [-0.39, 0.29) is 17.6 Å². The molecule has 0 amide bonds. The lowest BCUT2D eigenvalue weighted by atomic mass is 10.0. The fourth-order valence-corrected chi connectivity index (χ4v) is 3.31. The lowest BCUT2D eigenvalue weighted by molar-refractivity contribution is 0.386. The summed E-state index contributed by atoms with van der Waals surface area (Å²) in [4.78, 5) is 1.10. The number of halogens is 2. The first kappa shape index (κ1) is 14.5. The molecule has 0 spiro atoms. The van der Waals surface area contributed by atoms with Gasteiger partial charge in [-0.1, -0.05) is 6.07 Å². The second kappa shape index (κ2) is 6.47. The van der Waals surface area contributed by atoms with Gasteiger partial charge in [0.2, 0.25) is 0 Å². The lowest BCUT2D eigenvalue weighted by Gasteiger charge is -2.14. The predicted molar refractivity (Wildman–Crippen MR) is 78.7 cm³/mol. The molecule has 3 nitrogen and oxygen atoms in total. The van der Waals surface area contributed by atoms with E-state index in [4.69, 9.17) is 10.6 Å². The van der Waals surface area contributed by atoms with Crippen molar-refractivity contribution in [3.63, 3.8) is 0 Å². The van der Waals surface area contributed by atoms with E-state index >= 15 is 0 Å². The number of thiophene rings is 1. The first-order chi connectivity index (χ1) is 9.13.